The number of esters is 1. The Kier molecular flexibility index (Phi) is 6.48. The maximum atomic E-state index is 13.8. The SMILES string of the molecule is O=C(C[N+]12CCC(CC1)[C@@H](OC(=O)C(Nc1cccc(F)c1)c1ccccc1)C2)c1cccs1. The van der Waals surface area contributed by atoms with Crippen LogP contribution >= 0.6 is 11.3 Å². The number of ether oxygens (including phenoxy) is 1. The van der Waals surface area contributed by atoms with Gasteiger partial charge in [0.1, 0.15) is 18.9 Å². The Labute approximate surface area is 202 Å². The summed E-state index contributed by atoms with van der Waals surface area (Å²) in [5, 5.41) is 5.08. The quantitative estimate of drug-likeness (QED) is 0.278. The second kappa shape index (κ2) is 9.68. The van der Waals surface area contributed by atoms with Crippen LogP contribution in [0.3, 0.4) is 0 Å². The van der Waals surface area contributed by atoms with Crippen molar-refractivity contribution in [2.45, 2.75) is 25.0 Å². The lowest BCUT2D eigenvalue weighted by atomic mass is 9.83. The molecule has 3 aromatic rings. The van der Waals surface area contributed by atoms with Gasteiger partial charge in [0.05, 0.1) is 18.0 Å². The molecule has 3 aliphatic heterocycles. The van der Waals surface area contributed by atoms with Crippen molar-refractivity contribution >= 4 is 28.8 Å². The first-order chi connectivity index (χ1) is 16.5. The van der Waals surface area contributed by atoms with Crippen molar-refractivity contribution in [3.05, 3.63) is 88.4 Å². The predicted octanol–water partition coefficient (Wildman–Crippen LogP) is 5.08. The molecule has 1 unspecified atom stereocenters. The lowest BCUT2D eigenvalue weighted by molar-refractivity contribution is -0.938. The molecule has 0 aliphatic carbocycles. The molecule has 7 heteroatoms. The van der Waals surface area contributed by atoms with Gasteiger partial charge in [-0.1, -0.05) is 42.5 Å². The van der Waals surface area contributed by atoms with E-state index in [0.29, 0.717) is 29.2 Å². The minimum absolute atomic E-state index is 0.162. The molecule has 3 saturated heterocycles. The van der Waals surface area contributed by atoms with Gasteiger partial charge in [-0.15, -0.1) is 11.3 Å². The fourth-order valence-electron chi connectivity index (χ4n) is 5.28. The van der Waals surface area contributed by atoms with Crippen molar-refractivity contribution in [1.82, 2.24) is 0 Å². The molecule has 3 fully saturated rings. The number of quaternary nitrogens is 1. The standard InChI is InChI=1S/C27H28FN2O3S/c28-21-8-4-9-22(16-21)29-26(20-6-2-1-3-7-20)27(32)33-24-18-30(13-11-19(24)12-14-30)17-23(31)25-10-5-15-34-25/h1-10,15-16,19,24,26,29H,11-14,17-18H2/q+1/t19?,24-,26?,30?/m0/s1. The third-order valence-electron chi connectivity index (χ3n) is 7.09. The second-order valence-corrected chi connectivity index (χ2v) is 10.3. The number of nitrogens with zero attached hydrogens (tertiary/aromatic N) is 1. The molecule has 2 aromatic carbocycles. The summed E-state index contributed by atoms with van der Waals surface area (Å²) in [6.07, 6.45) is 1.66. The highest BCUT2D eigenvalue weighted by Gasteiger charge is 2.49. The minimum Gasteiger partial charge on any atom is -0.454 e. The zero-order valence-corrected chi connectivity index (χ0v) is 19.7. The number of rotatable bonds is 8. The third kappa shape index (κ3) is 4.91. The molecule has 34 heavy (non-hydrogen) atoms. The van der Waals surface area contributed by atoms with Gasteiger partial charge in [0.15, 0.2) is 12.1 Å². The molecule has 0 saturated carbocycles. The fourth-order valence-corrected chi connectivity index (χ4v) is 5.94. The van der Waals surface area contributed by atoms with E-state index in [4.69, 9.17) is 4.74 Å². The number of Topliss-reactive ketones (excluding diaryl/α,β-unsaturated/α-hetero) is 1. The number of piperidine rings is 3. The first kappa shape index (κ1) is 22.7. The highest BCUT2D eigenvalue weighted by atomic mass is 32.1. The maximum absolute atomic E-state index is 13.8. The van der Waals surface area contributed by atoms with E-state index in [0.717, 1.165) is 36.4 Å². The summed E-state index contributed by atoms with van der Waals surface area (Å²) >= 11 is 1.48. The molecule has 0 amide bonds. The first-order valence-electron chi connectivity index (χ1n) is 11.7. The third-order valence-corrected chi connectivity index (χ3v) is 8.00. The number of carbonyl (C=O) groups excluding carboxylic acids is 2. The van der Waals surface area contributed by atoms with Crippen LogP contribution in [-0.2, 0) is 9.53 Å². The number of ketones is 1. The Morgan fingerprint density at radius 3 is 2.56 bits per heavy atom. The van der Waals surface area contributed by atoms with E-state index in [1.807, 2.05) is 47.8 Å². The number of thiophene rings is 1. The Bertz CT molecular complexity index is 1140. The summed E-state index contributed by atoms with van der Waals surface area (Å²) in [5.41, 5.74) is 1.28. The summed E-state index contributed by atoms with van der Waals surface area (Å²) in [6.45, 7) is 3.00. The van der Waals surface area contributed by atoms with Crippen LogP contribution < -0.4 is 5.32 Å². The molecule has 5 nitrogen and oxygen atoms in total. The van der Waals surface area contributed by atoms with Crippen LogP contribution in [0.2, 0.25) is 0 Å². The largest absolute Gasteiger partial charge is 0.454 e. The molecular formula is C27H28FN2O3S+. The lowest BCUT2D eigenvalue weighted by Crippen LogP contribution is -2.65. The van der Waals surface area contributed by atoms with Gasteiger partial charge in [0.2, 0.25) is 5.78 Å². The normalized spacial score (nSPS) is 24.4. The maximum Gasteiger partial charge on any atom is 0.333 e. The van der Waals surface area contributed by atoms with Crippen molar-refractivity contribution in [3.8, 4) is 0 Å². The number of benzene rings is 2. The topological polar surface area (TPSA) is 55.4 Å². The molecule has 0 spiro atoms. The zero-order chi connectivity index (χ0) is 23.5. The van der Waals surface area contributed by atoms with E-state index in [9.17, 15) is 14.0 Å². The molecule has 3 aliphatic rings. The zero-order valence-electron chi connectivity index (χ0n) is 18.9. The van der Waals surface area contributed by atoms with Gasteiger partial charge in [-0.25, -0.2) is 9.18 Å². The van der Waals surface area contributed by atoms with Crippen LogP contribution in [0.4, 0.5) is 10.1 Å². The van der Waals surface area contributed by atoms with E-state index in [1.165, 1.54) is 23.5 Å². The average molecular weight is 480 g/mol. The molecule has 4 heterocycles. The number of carbonyl (C=O) groups is 2. The van der Waals surface area contributed by atoms with Crippen molar-refractivity contribution in [3.63, 3.8) is 0 Å². The summed E-state index contributed by atoms with van der Waals surface area (Å²) in [5.74, 6) is -0.275. The lowest BCUT2D eigenvalue weighted by Gasteiger charge is -2.51. The van der Waals surface area contributed by atoms with Gasteiger partial charge < -0.3 is 14.5 Å². The summed E-state index contributed by atoms with van der Waals surface area (Å²) in [7, 11) is 0. The monoisotopic (exact) mass is 479 g/mol. The minimum atomic E-state index is -0.750. The van der Waals surface area contributed by atoms with Crippen molar-refractivity contribution in [2.75, 3.05) is 31.5 Å². The van der Waals surface area contributed by atoms with Gasteiger partial charge in [0.25, 0.3) is 0 Å². The fraction of sp³-hybridized carbons (Fsp3) is 0.333. The Morgan fingerprint density at radius 1 is 1.06 bits per heavy atom. The van der Waals surface area contributed by atoms with Crippen molar-refractivity contribution in [2.24, 2.45) is 5.92 Å². The smallest absolute Gasteiger partial charge is 0.333 e. The van der Waals surface area contributed by atoms with E-state index >= 15 is 0 Å². The average Bonchev–Trinajstić information content (AvgIpc) is 3.39. The van der Waals surface area contributed by atoms with E-state index < -0.39 is 6.04 Å². The van der Waals surface area contributed by atoms with Crippen LogP contribution in [0.5, 0.6) is 0 Å². The van der Waals surface area contributed by atoms with Gasteiger partial charge in [-0.2, -0.15) is 0 Å². The molecule has 1 N–H and O–H groups in total. The number of hydrogen-bond acceptors (Lipinski definition) is 5. The number of fused-ring (bicyclic) bond motifs is 3. The number of hydrogen-bond donors (Lipinski definition) is 1. The van der Waals surface area contributed by atoms with Crippen LogP contribution in [0.15, 0.2) is 72.1 Å². The van der Waals surface area contributed by atoms with Crippen LogP contribution in [0, 0.1) is 11.7 Å². The Morgan fingerprint density at radius 2 is 1.85 bits per heavy atom. The molecule has 2 bridgehead atoms. The molecule has 1 aromatic heterocycles. The van der Waals surface area contributed by atoms with Gasteiger partial charge >= 0.3 is 5.97 Å². The molecule has 2 atom stereocenters. The molecule has 6 rings (SSSR count). The molecule has 176 valence electrons. The van der Waals surface area contributed by atoms with Gasteiger partial charge in [-0.05, 0) is 35.2 Å². The Hall–Kier alpha value is -3.03. The van der Waals surface area contributed by atoms with Gasteiger partial charge in [-0.3, -0.25) is 4.79 Å². The van der Waals surface area contributed by atoms with E-state index in [-0.39, 0.29) is 23.7 Å². The number of anilines is 1. The van der Waals surface area contributed by atoms with Crippen LogP contribution in [-0.4, -0.2) is 48.5 Å². The second-order valence-electron chi connectivity index (χ2n) is 9.34. The molecule has 0 radical (unpaired) electrons. The Balaban J connectivity index is 1.32. The van der Waals surface area contributed by atoms with Crippen molar-refractivity contribution < 1.29 is 23.2 Å². The number of halogens is 1. The van der Waals surface area contributed by atoms with Crippen LogP contribution in [0.25, 0.3) is 0 Å². The number of nitrogens with one attached hydrogen (secondary N) is 1. The van der Waals surface area contributed by atoms with E-state index in [2.05, 4.69) is 5.32 Å². The first-order valence-corrected chi connectivity index (χ1v) is 12.6. The molecular weight excluding hydrogens is 451 g/mol. The highest BCUT2D eigenvalue weighted by Crippen LogP contribution is 2.37. The summed E-state index contributed by atoms with van der Waals surface area (Å²) in [6, 6.07) is 18.5. The summed E-state index contributed by atoms with van der Waals surface area (Å²) in [4.78, 5) is 27.1. The van der Waals surface area contributed by atoms with Crippen molar-refractivity contribution in [1.29, 1.82) is 0 Å². The van der Waals surface area contributed by atoms with E-state index in [1.54, 1.807) is 12.1 Å². The van der Waals surface area contributed by atoms with Gasteiger partial charge in [0, 0.05) is 24.4 Å². The highest BCUT2D eigenvalue weighted by molar-refractivity contribution is 7.12. The predicted molar refractivity (Wildman–Crippen MR) is 130 cm³/mol. The van der Waals surface area contributed by atoms with Crippen LogP contribution in [0.1, 0.15) is 34.1 Å². The summed E-state index contributed by atoms with van der Waals surface area (Å²) < 4.78 is 20.6.